The van der Waals surface area contributed by atoms with Crippen LogP contribution in [0.25, 0.3) is 0 Å². The molecule has 1 aromatic heterocycles. The third-order valence-electron chi connectivity index (χ3n) is 4.29. The molecule has 152 valence electrons. The number of anilines is 2. The Labute approximate surface area is 162 Å². The smallest absolute Gasteiger partial charge is 0.384 e. The first-order chi connectivity index (χ1) is 13.1. The van der Waals surface area contributed by atoms with Crippen molar-refractivity contribution < 1.29 is 21.6 Å². The highest BCUT2D eigenvalue weighted by Gasteiger charge is 2.43. The van der Waals surface area contributed by atoms with Gasteiger partial charge in [0.2, 0.25) is 0 Å². The lowest BCUT2D eigenvalue weighted by molar-refractivity contribution is -0.0406. The monoisotopic (exact) mass is 433 g/mol. The molecule has 0 saturated carbocycles. The van der Waals surface area contributed by atoms with E-state index in [0.717, 1.165) is 12.1 Å². The summed E-state index contributed by atoms with van der Waals surface area (Å²) >= 11 is 0. The molecule has 0 radical (unpaired) electrons. The molecule has 1 saturated heterocycles. The maximum absolute atomic E-state index is 12.7. The van der Waals surface area contributed by atoms with Gasteiger partial charge in [-0.05, 0) is 36.4 Å². The topological polar surface area (TPSA) is 103 Å². The van der Waals surface area contributed by atoms with Gasteiger partial charge in [0.15, 0.2) is 9.73 Å². The van der Waals surface area contributed by atoms with E-state index < -0.39 is 31.1 Å². The van der Waals surface area contributed by atoms with Gasteiger partial charge in [0.1, 0.15) is 16.8 Å². The highest BCUT2D eigenvalue weighted by atomic mass is 32.2. The van der Waals surface area contributed by atoms with E-state index in [1.54, 1.807) is 16.4 Å². The Morgan fingerprint density at radius 1 is 1.07 bits per heavy atom. The van der Waals surface area contributed by atoms with Gasteiger partial charge in [0.05, 0.1) is 9.79 Å². The number of alkyl halides is 3. The van der Waals surface area contributed by atoms with Crippen LogP contribution in [0.4, 0.5) is 24.7 Å². The van der Waals surface area contributed by atoms with Crippen molar-refractivity contribution in [2.75, 3.05) is 36.8 Å². The van der Waals surface area contributed by atoms with Crippen molar-refractivity contribution in [1.82, 2.24) is 9.29 Å². The summed E-state index contributed by atoms with van der Waals surface area (Å²) in [6.07, 6.45) is 1.47. The minimum atomic E-state index is -5.11. The summed E-state index contributed by atoms with van der Waals surface area (Å²) in [5.74, 6) is 0.344. The summed E-state index contributed by atoms with van der Waals surface area (Å²) in [7, 11) is -6.23. The minimum absolute atomic E-state index is 0.344. The number of halogens is 3. The van der Waals surface area contributed by atoms with Crippen LogP contribution in [0.2, 0.25) is 0 Å². The number of hydrogen-bond donors (Lipinski definition) is 2. The van der Waals surface area contributed by atoms with Gasteiger partial charge < -0.3 is 10.6 Å². The van der Waals surface area contributed by atoms with Crippen molar-refractivity contribution in [3.05, 3.63) is 42.6 Å². The van der Waals surface area contributed by atoms with Crippen LogP contribution < -0.4 is 10.6 Å². The van der Waals surface area contributed by atoms with Crippen LogP contribution in [0.3, 0.4) is 0 Å². The van der Waals surface area contributed by atoms with Crippen LogP contribution in [0.1, 0.15) is 0 Å². The predicted molar refractivity (Wildman–Crippen MR) is 100 cm³/mol. The first kappa shape index (κ1) is 20.6. The quantitative estimate of drug-likeness (QED) is 0.771. The maximum atomic E-state index is 12.7. The van der Waals surface area contributed by atoms with Gasteiger partial charge in [-0.1, -0.05) is 0 Å². The molecule has 1 aromatic carbocycles. The zero-order valence-electron chi connectivity index (χ0n) is 14.6. The molecule has 0 aliphatic carbocycles. The average molecular weight is 433 g/mol. The molecule has 0 spiro atoms. The standard InChI is InChI=1S/C16H18F3N5O2S2/c17-16(18,19)28(21,26)14-4-1-12(2-5-14)23-7-9-24(10-8-23)27(25)13-3-6-15(20)22-11-13/h1-6,11,21H,7-10H2,(H2,20,22). The largest absolute Gasteiger partial charge is 0.483 e. The summed E-state index contributed by atoms with van der Waals surface area (Å²) in [4.78, 5) is 5.84. The average Bonchev–Trinajstić information content (AvgIpc) is 2.67. The predicted octanol–water partition coefficient (Wildman–Crippen LogP) is 2.43. The highest BCUT2D eigenvalue weighted by Crippen LogP contribution is 2.32. The number of aromatic nitrogens is 1. The molecular weight excluding hydrogens is 415 g/mol. The SMILES string of the molecule is N=S(=O)(c1ccc(N2CCN(S(=O)c3ccc(N)nc3)CC2)cc1)C(F)(F)F. The summed E-state index contributed by atoms with van der Waals surface area (Å²) in [6.45, 7) is 2.00. The number of nitrogens with one attached hydrogen (secondary N) is 1. The lowest BCUT2D eigenvalue weighted by Gasteiger charge is -2.35. The molecule has 12 heteroatoms. The van der Waals surface area contributed by atoms with E-state index >= 15 is 0 Å². The second kappa shape index (κ2) is 7.68. The molecular formula is C16H18F3N5O2S2. The van der Waals surface area contributed by atoms with Crippen molar-refractivity contribution in [1.29, 1.82) is 4.78 Å². The Morgan fingerprint density at radius 3 is 2.18 bits per heavy atom. The number of nitrogen functional groups attached to an aromatic ring is 1. The first-order valence-corrected chi connectivity index (χ1v) is 10.8. The van der Waals surface area contributed by atoms with Crippen molar-refractivity contribution >= 4 is 32.2 Å². The summed E-state index contributed by atoms with van der Waals surface area (Å²) < 4.78 is 71.3. The number of pyridine rings is 1. The molecule has 2 aromatic rings. The molecule has 1 fully saturated rings. The second-order valence-corrected chi connectivity index (χ2v) is 9.61. The van der Waals surface area contributed by atoms with E-state index in [1.807, 2.05) is 4.90 Å². The van der Waals surface area contributed by atoms with Gasteiger partial charge >= 0.3 is 5.51 Å². The van der Waals surface area contributed by atoms with Crippen LogP contribution in [-0.4, -0.2) is 49.4 Å². The fourth-order valence-corrected chi connectivity index (χ4v) is 4.65. The molecule has 0 bridgehead atoms. The molecule has 1 aliphatic rings. The fraction of sp³-hybridized carbons (Fsp3) is 0.312. The Kier molecular flexibility index (Phi) is 5.64. The van der Waals surface area contributed by atoms with Gasteiger partial charge in [0, 0.05) is 38.1 Å². The Bertz CT molecular complexity index is 955. The molecule has 0 amide bonds. The molecule has 2 heterocycles. The second-order valence-electron chi connectivity index (χ2n) is 6.08. The van der Waals surface area contributed by atoms with E-state index in [1.165, 1.54) is 18.3 Å². The van der Waals surface area contributed by atoms with E-state index in [0.29, 0.717) is 42.6 Å². The molecule has 28 heavy (non-hydrogen) atoms. The van der Waals surface area contributed by atoms with Gasteiger partial charge in [-0.3, -0.25) is 0 Å². The van der Waals surface area contributed by atoms with Gasteiger partial charge in [-0.2, -0.15) is 13.2 Å². The number of nitrogens with two attached hydrogens (primary N) is 1. The summed E-state index contributed by atoms with van der Waals surface area (Å²) in [5, 5.41) is 0. The molecule has 3 rings (SSSR count). The highest BCUT2D eigenvalue weighted by molar-refractivity contribution is 7.93. The minimum Gasteiger partial charge on any atom is -0.384 e. The number of nitrogens with zero attached hydrogens (tertiary/aromatic N) is 3. The van der Waals surface area contributed by atoms with Crippen molar-refractivity contribution in [3.63, 3.8) is 0 Å². The lowest BCUT2D eigenvalue weighted by Crippen LogP contribution is -2.47. The Hall–Kier alpha value is -2.18. The zero-order chi connectivity index (χ0) is 20.5. The number of hydrogen-bond acceptors (Lipinski definition) is 6. The summed E-state index contributed by atoms with van der Waals surface area (Å²) in [6, 6.07) is 8.22. The van der Waals surface area contributed by atoms with Gasteiger partial charge in [-0.25, -0.2) is 22.5 Å². The first-order valence-electron chi connectivity index (χ1n) is 8.18. The molecule has 2 unspecified atom stereocenters. The lowest BCUT2D eigenvalue weighted by atomic mass is 10.2. The van der Waals surface area contributed by atoms with E-state index in [4.69, 9.17) is 10.5 Å². The molecule has 7 nitrogen and oxygen atoms in total. The molecule has 1 aliphatic heterocycles. The Balaban J connectivity index is 1.65. The van der Waals surface area contributed by atoms with Crippen LogP contribution in [0.5, 0.6) is 0 Å². The number of rotatable bonds is 4. The van der Waals surface area contributed by atoms with Crippen LogP contribution in [0, 0.1) is 4.78 Å². The van der Waals surface area contributed by atoms with E-state index in [-0.39, 0.29) is 0 Å². The van der Waals surface area contributed by atoms with Gasteiger partial charge in [-0.15, -0.1) is 0 Å². The zero-order valence-corrected chi connectivity index (χ0v) is 16.2. The summed E-state index contributed by atoms with van der Waals surface area (Å²) in [5.41, 5.74) is 1.07. The maximum Gasteiger partial charge on any atom is 0.483 e. The van der Waals surface area contributed by atoms with Gasteiger partial charge in [0.25, 0.3) is 0 Å². The van der Waals surface area contributed by atoms with Crippen molar-refractivity contribution in [3.8, 4) is 0 Å². The van der Waals surface area contributed by atoms with Crippen LogP contribution in [0.15, 0.2) is 52.4 Å². The number of benzene rings is 1. The fourth-order valence-electron chi connectivity index (χ4n) is 2.74. The van der Waals surface area contributed by atoms with E-state index in [2.05, 4.69) is 4.98 Å². The molecule has 3 N–H and O–H groups in total. The van der Waals surface area contributed by atoms with E-state index in [9.17, 15) is 21.6 Å². The number of piperazine rings is 1. The van der Waals surface area contributed by atoms with Crippen molar-refractivity contribution in [2.45, 2.75) is 15.3 Å². The van der Waals surface area contributed by atoms with Crippen LogP contribution >= 0.6 is 0 Å². The van der Waals surface area contributed by atoms with Crippen LogP contribution in [-0.2, 0) is 20.7 Å². The Morgan fingerprint density at radius 2 is 1.68 bits per heavy atom. The molecule has 2 atom stereocenters. The normalized spacial score (nSPS) is 19.2. The van der Waals surface area contributed by atoms with Crippen molar-refractivity contribution in [2.24, 2.45) is 0 Å². The third-order valence-corrected chi connectivity index (χ3v) is 7.36. The third kappa shape index (κ3) is 4.13.